The SMILES string of the molecule is COc1ccc(C(NC(=O)CSc2nc(C)nc3ccccc23)C2CC2)cc1. The van der Waals surface area contributed by atoms with Gasteiger partial charge >= 0.3 is 0 Å². The van der Waals surface area contributed by atoms with Crippen molar-refractivity contribution in [2.45, 2.75) is 30.8 Å². The lowest BCUT2D eigenvalue weighted by Gasteiger charge is -2.19. The average molecular weight is 394 g/mol. The first kappa shape index (κ1) is 18.7. The molecule has 0 bridgehead atoms. The summed E-state index contributed by atoms with van der Waals surface area (Å²) in [6.45, 7) is 1.88. The van der Waals surface area contributed by atoms with Gasteiger partial charge in [-0.3, -0.25) is 4.79 Å². The summed E-state index contributed by atoms with van der Waals surface area (Å²) < 4.78 is 5.24. The van der Waals surface area contributed by atoms with Gasteiger partial charge in [-0.1, -0.05) is 42.1 Å². The zero-order valence-corrected chi connectivity index (χ0v) is 16.8. The van der Waals surface area contributed by atoms with Crippen LogP contribution in [-0.2, 0) is 4.79 Å². The van der Waals surface area contributed by atoms with Crippen molar-refractivity contribution >= 4 is 28.6 Å². The third kappa shape index (κ3) is 4.28. The number of carbonyl (C=O) groups excluding carboxylic acids is 1. The van der Waals surface area contributed by atoms with E-state index in [0.717, 1.165) is 45.9 Å². The molecule has 1 atom stereocenters. The van der Waals surface area contributed by atoms with Crippen molar-refractivity contribution in [2.75, 3.05) is 12.9 Å². The molecule has 1 aromatic heterocycles. The van der Waals surface area contributed by atoms with Gasteiger partial charge in [0.25, 0.3) is 0 Å². The lowest BCUT2D eigenvalue weighted by atomic mass is 10.0. The number of aromatic nitrogens is 2. The van der Waals surface area contributed by atoms with E-state index in [2.05, 4.69) is 15.3 Å². The Labute approximate surface area is 168 Å². The molecular formula is C22H23N3O2S. The van der Waals surface area contributed by atoms with E-state index in [9.17, 15) is 4.79 Å². The van der Waals surface area contributed by atoms with Crippen molar-refractivity contribution < 1.29 is 9.53 Å². The summed E-state index contributed by atoms with van der Waals surface area (Å²) in [5.74, 6) is 2.42. The van der Waals surface area contributed by atoms with Gasteiger partial charge in [0, 0.05) is 5.39 Å². The monoisotopic (exact) mass is 393 g/mol. The first-order chi connectivity index (χ1) is 13.6. The highest BCUT2D eigenvalue weighted by atomic mass is 32.2. The number of rotatable bonds is 7. The number of para-hydroxylation sites is 1. The normalized spacial score (nSPS) is 14.6. The van der Waals surface area contributed by atoms with Crippen LogP contribution in [0.1, 0.15) is 30.3 Å². The number of hydrogen-bond donors (Lipinski definition) is 1. The summed E-state index contributed by atoms with van der Waals surface area (Å²) in [6.07, 6.45) is 2.31. The molecule has 28 heavy (non-hydrogen) atoms. The zero-order valence-electron chi connectivity index (χ0n) is 16.0. The van der Waals surface area contributed by atoms with Crippen LogP contribution in [0.25, 0.3) is 10.9 Å². The molecule has 1 unspecified atom stereocenters. The largest absolute Gasteiger partial charge is 0.497 e. The number of carbonyl (C=O) groups is 1. The second-order valence-electron chi connectivity index (χ2n) is 7.04. The highest BCUT2D eigenvalue weighted by molar-refractivity contribution is 8.00. The number of benzene rings is 2. The van der Waals surface area contributed by atoms with Gasteiger partial charge in [-0.15, -0.1) is 0 Å². The fourth-order valence-electron chi connectivity index (χ4n) is 3.33. The quantitative estimate of drug-likeness (QED) is 0.479. The molecule has 0 spiro atoms. The summed E-state index contributed by atoms with van der Waals surface area (Å²) in [7, 11) is 1.66. The zero-order chi connectivity index (χ0) is 19.5. The lowest BCUT2D eigenvalue weighted by molar-refractivity contribution is -0.119. The predicted molar refractivity (Wildman–Crippen MR) is 112 cm³/mol. The Morgan fingerprint density at radius 2 is 1.93 bits per heavy atom. The van der Waals surface area contributed by atoms with Crippen molar-refractivity contribution in [2.24, 2.45) is 5.92 Å². The Hall–Kier alpha value is -2.60. The van der Waals surface area contributed by atoms with E-state index in [0.29, 0.717) is 11.7 Å². The molecule has 144 valence electrons. The number of ether oxygens (including phenoxy) is 1. The second-order valence-corrected chi connectivity index (χ2v) is 8.00. The maximum absolute atomic E-state index is 12.7. The number of amides is 1. The molecule has 2 aromatic carbocycles. The second kappa shape index (κ2) is 8.19. The number of fused-ring (bicyclic) bond motifs is 1. The highest BCUT2D eigenvalue weighted by Crippen LogP contribution is 2.41. The van der Waals surface area contributed by atoms with E-state index in [1.54, 1.807) is 7.11 Å². The van der Waals surface area contributed by atoms with E-state index in [-0.39, 0.29) is 11.9 Å². The van der Waals surface area contributed by atoms with Crippen LogP contribution >= 0.6 is 11.8 Å². The minimum atomic E-state index is 0.0260. The molecule has 6 heteroatoms. The van der Waals surface area contributed by atoms with Gasteiger partial charge in [0.1, 0.15) is 16.6 Å². The third-order valence-electron chi connectivity index (χ3n) is 4.90. The Balaban J connectivity index is 1.45. The maximum atomic E-state index is 12.7. The van der Waals surface area contributed by atoms with Crippen LogP contribution in [0.15, 0.2) is 53.6 Å². The van der Waals surface area contributed by atoms with Gasteiger partial charge in [0.15, 0.2) is 0 Å². The van der Waals surface area contributed by atoms with Crippen molar-refractivity contribution in [1.82, 2.24) is 15.3 Å². The van der Waals surface area contributed by atoms with Crippen molar-refractivity contribution in [1.29, 1.82) is 0 Å². The third-order valence-corrected chi connectivity index (χ3v) is 5.90. The van der Waals surface area contributed by atoms with E-state index in [4.69, 9.17) is 4.74 Å². The van der Waals surface area contributed by atoms with Crippen molar-refractivity contribution in [3.8, 4) is 5.75 Å². The number of nitrogens with zero attached hydrogens (tertiary/aromatic N) is 2. The number of aryl methyl sites for hydroxylation is 1. The minimum absolute atomic E-state index is 0.0260. The summed E-state index contributed by atoms with van der Waals surface area (Å²) in [4.78, 5) is 21.7. The fraction of sp³-hybridized carbons (Fsp3) is 0.318. The molecule has 0 radical (unpaired) electrons. The molecule has 3 aromatic rings. The minimum Gasteiger partial charge on any atom is -0.497 e. The molecule has 1 aliphatic carbocycles. The average Bonchev–Trinajstić information content (AvgIpc) is 3.55. The highest BCUT2D eigenvalue weighted by Gasteiger charge is 2.33. The predicted octanol–water partition coefficient (Wildman–Crippen LogP) is 4.31. The molecule has 5 nitrogen and oxygen atoms in total. The van der Waals surface area contributed by atoms with E-state index >= 15 is 0 Å². The van der Waals surface area contributed by atoms with E-state index in [1.165, 1.54) is 11.8 Å². The first-order valence-corrected chi connectivity index (χ1v) is 10.4. The van der Waals surface area contributed by atoms with Crippen LogP contribution in [0.2, 0.25) is 0 Å². The molecule has 4 rings (SSSR count). The topological polar surface area (TPSA) is 64.1 Å². The van der Waals surface area contributed by atoms with Gasteiger partial charge < -0.3 is 10.1 Å². The van der Waals surface area contributed by atoms with Gasteiger partial charge in [-0.2, -0.15) is 0 Å². The Bertz CT molecular complexity index is 987. The smallest absolute Gasteiger partial charge is 0.230 e. The number of hydrogen-bond acceptors (Lipinski definition) is 5. The molecule has 1 amide bonds. The van der Waals surface area contributed by atoms with Crippen LogP contribution in [0, 0.1) is 12.8 Å². The van der Waals surface area contributed by atoms with E-state index in [1.807, 2.05) is 55.5 Å². The van der Waals surface area contributed by atoms with E-state index < -0.39 is 0 Å². The van der Waals surface area contributed by atoms with Crippen molar-refractivity contribution in [3.05, 3.63) is 59.9 Å². The first-order valence-electron chi connectivity index (χ1n) is 9.43. The van der Waals surface area contributed by atoms with Gasteiger partial charge in [0.2, 0.25) is 5.91 Å². The summed E-state index contributed by atoms with van der Waals surface area (Å²) >= 11 is 1.46. The van der Waals surface area contributed by atoms with Gasteiger partial charge in [-0.25, -0.2) is 9.97 Å². The number of nitrogens with one attached hydrogen (secondary N) is 1. The molecule has 1 fully saturated rings. The van der Waals surface area contributed by atoms with Crippen molar-refractivity contribution in [3.63, 3.8) is 0 Å². The Morgan fingerprint density at radius 3 is 2.64 bits per heavy atom. The van der Waals surface area contributed by atoms with Gasteiger partial charge in [0.05, 0.1) is 24.4 Å². The van der Waals surface area contributed by atoms with Crippen LogP contribution in [-0.4, -0.2) is 28.7 Å². The summed E-state index contributed by atoms with van der Waals surface area (Å²) in [5.41, 5.74) is 2.04. The van der Waals surface area contributed by atoms with Crippen LogP contribution in [0.5, 0.6) is 5.75 Å². The standard InChI is InChI=1S/C22H23N3O2S/c1-14-23-19-6-4-3-5-18(19)22(24-14)28-13-20(26)25-21(15-7-8-15)16-9-11-17(27-2)12-10-16/h3-6,9-12,15,21H,7-8,13H2,1-2H3,(H,25,26). The maximum Gasteiger partial charge on any atom is 0.230 e. The van der Waals surface area contributed by atoms with Crippen LogP contribution in [0.4, 0.5) is 0 Å². The fourth-order valence-corrected chi connectivity index (χ4v) is 4.21. The molecular weight excluding hydrogens is 370 g/mol. The molecule has 0 aliphatic heterocycles. The van der Waals surface area contributed by atoms with Gasteiger partial charge in [-0.05, 0) is 49.4 Å². The Kier molecular flexibility index (Phi) is 5.48. The molecule has 1 saturated carbocycles. The Morgan fingerprint density at radius 1 is 1.18 bits per heavy atom. The molecule has 1 heterocycles. The number of thioether (sulfide) groups is 1. The molecule has 1 N–H and O–H groups in total. The molecule has 1 aliphatic rings. The van der Waals surface area contributed by atoms with Crippen LogP contribution < -0.4 is 10.1 Å². The summed E-state index contributed by atoms with van der Waals surface area (Å²) in [6, 6.07) is 15.9. The number of methoxy groups -OCH3 is 1. The summed E-state index contributed by atoms with van der Waals surface area (Å²) in [5, 5.41) is 5.06. The van der Waals surface area contributed by atoms with Crippen LogP contribution in [0.3, 0.4) is 0 Å². The lowest BCUT2D eigenvalue weighted by Crippen LogP contribution is -2.31. The molecule has 0 saturated heterocycles.